The van der Waals surface area contributed by atoms with Crippen molar-refractivity contribution < 1.29 is 5.11 Å². The monoisotopic (exact) mass is 345 g/mol. The van der Waals surface area contributed by atoms with Gasteiger partial charge in [-0.3, -0.25) is 0 Å². The molecule has 1 unspecified atom stereocenters. The summed E-state index contributed by atoms with van der Waals surface area (Å²) in [6.45, 7) is 0.773. The minimum absolute atomic E-state index is 0.0517. The Kier molecular flexibility index (Phi) is 5.21. The van der Waals surface area contributed by atoms with E-state index < -0.39 is 0 Å². The maximum atomic E-state index is 9.44. The molecule has 1 aromatic heterocycles. The first kappa shape index (κ1) is 14.0. The second kappa shape index (κ2) is 6.68. The lowest BCUT2D eigenvalue weighted by atomic mass is 10.2. The van der Waals surface area contributed by atoms with Gasteiger partial charge in [-0.05, 0) is 27.6 Å². The lowest BCUT2D eigenvalue weighted by Gasteiger charge is -2.14. The summed E-state index contributed by atoms with van der Waals surface area (Å²) in [5.74, 6) is 0. The fraction of sp³-hybridized carbons (Fsp3) is 0.231. The predicted molar refractivity (Wildman–Crippen MR) is 80.1 cm³/mol. The van der Waals surface area contributed by atoms with Gasteiger partial charge in [-0.15, -0.1) is 11.3 Å². The van der Waals surface area contributed by atoms with Crippen LogP contribution in [0.3, 0.4) is 0 Å². The quantitative estimate of drug-likeness (QED) is 0.858. The van der Waals surface area contributed by atoms with Crippen LogP contribution in [-0.2, 0) is 6.54 Å². The summed E-state index contributed by atoms with van der Waals surface area (Å²) in [6.07, 6.45) is 0. The molecular formula is C13H13BrClNOS. The fourth-order valence-electron chi connectivity index (χ4n) is 1.63. The molecule has 2 rings (SSSR count). The minimum Gasteiger partial charge on any atom is -0.394 e. The van der Waals surface area contributed by atoms with E-state index in [1.165, 1.54) is 16.9 Å². The third kappa shape index (κ3) is 3.56. The van der Waals surface area contributed by atoms with E-state index in [4.69, 9.17) is 11.6 Å². The molecule has 2 nitrogen and oxygen atoms in total. The molecule has 1 heterocycles. The first-order valence-electron chi connectivity index (χ1n) is 5.53. The third-order valence-corrected chi connectivity index (χ3v) is 5.17. The lowest BCUT2D eigenvalue weighted by Crippen LogP contribution is -2.23. The molecule has 1 aromatic carbocycles. The number of aliphatic hydroxyl groups is 1. The Bertz CT molecular complexity index is 483. The number of thiophene rings is 1. The summed E-state index contributed by atoms with van der Waals surface area (Å²) in [5, 5.41) is 12.8. The van der Waals surface area contributed by atoms with E-state index in [1.807, 2.05) is 24.3 Å². The van der Waals surface area contributed by atoms with Crippen LogP contribution in [0.25, 0.3) is 0 Å². The highest BCUT2D eigenvalue weighted by Crippen LogP contribution is 2.35. The van der Waals surface area contributed by atoms with Gasteiger partial charge in [0.2, 0.25) is 0 Å². The Morgan fingerprint density at radius 2 is 2.06 bits per heavy atom. The Labute approximate surface area is 124 Å². The van der Waals surface area contributed by atoms with Crippen LogP contribution in [0, 0.1) is 0 Å². The molecule has 2 N–H and O–H groups in total. The molecule has 18 heavy (non-hydrogen) atoms. The number of benzene rings is 1. The highest BCUT2D eigenvalue weighted by molar-refractivity contribution is 9.10. The molecule has 2 aromatic rings. The second-order valence-corrected chi connectivity index (χ2v) is 6.41. The Balaban J connectivity index is 2.02. The SMILES string of the molecule is OCC(NCc1ccccc1)c1cc(Br)c(Cl)s1. The van der Waals surface area contributed by atoms with Crippen molar-refractivity contribution >= 4 is 38.9 Å². The summed E-state index contributed by atoms with van der Waals surface area (Å²) in [4.78, 5) is 1.03. The second-order valence-electron chi connectivity index (χ2n) is 3.87. The largest absolute Gasteiger partial charge is 0.394 e. The zero-order chi connectivity index (χ0) is 13.0. The van der Waals surface area contributed by atoms with Gasteiger partial charge in [-0.2, -0.15) is 0 Å². The highest BCUT2D eigenvalue weighted by Gasteiger charge is 2.14. The maximum absolute atomic E-state index is 9.44. The van der Waals surface area contributed by atoms with Crippen molar-refractivity contribution in [3.8, 4) is 0 Å². The average Bonchev–Trinajstić information content (AvgIpc) is 2.71. The molecule has 5 heteroatoms. The predicted octanol–water partition coefficient (Wildman–Crippen LogP) is 3.99. The highest BCUT2D eigenvalue weighted by atomic mass is 79.9. The summed E-state index contributed by atoms with van der Waals surface area (Å²) in [6, 6.07) is 12.0. The number of rotatable bonds is 5. The molecule has 0 aliphatic carbocycles. The molecule has 0 aliphatic rings. The van der Waals surface area contributed by atoms with Gasteiger partial charge in [-0.25, -0.2) is 0 Å². The number of halogens is 2. The van der Waals surface area contributed by atoms with E-state index in [2.05, 4.69) is 33.4 Å². The molecule has 1 atom stereocenters. The number of hydrogen-bond acceptors (Lipinski definition) is 3. The van der Waals surface area contributed by atoms with Crippen molar-refractivity contribution in [2.45, 2.75) is 12.6 Å². The molecule has 0 radical (unpaired) electrons. The van der Waals surface area contributed by atoms with Gasteiger partial charge >= 0.3 is 0 Å². The van der Waals surface area contributed by atoms with Gasteiger partial charge in [0.15, 0.2) is 0 Å². The maximum Gasteiger partial charge on any atom is 0.107 e. The lowest BCUT2D eigenvalue weighted by molar-refractivity contribution is 0.245. The van der Waals surface area contributed by atoms with Crippen LogP contribution < -0.4 is 5.32 Å². The van der Waals surface area contributed by atoms with E-state index in [9.17, 15) is 5.11 Å². The smallest absolute Gasteiger partial charge is 0.107 e. The summed E-state index contributed by atoms with van der Waals surface area (Å²) < 4.78 is 1.59. The molecule has 96 valence electrons. The van der Waals surface area contributed by atoms with Gasteiger partial charge in [-0.1, -0.05) is 41.9 Å². The van der Waals surface area contributed by atoms with E-state index in [-0.39, 0.29) is 12.6 Å². The van der Waals surface area contributed by atoms with Crippen LogP contribution in [0.1, 0.15) is 16.5 Å². The fourth-order valence-corrected chi connectivity index (χ4v) is 3.43. The average molecular weight is 347 g/mol. The van der Waals surface area contributed by atoms with E-state index >= 15 is 0 Å². The first-order valence-corrected chi connectivity index (χ1v) is 7.52. The molecule has 0 spiro atoms. The Morgan fingerprint density at radius 1 is 1.33 bits per heavy atom. The minimum atomic E-state index is -0.0843. The molecule has 0 aliphatic heterocycles. The zero-order valence-electron chi connectivity index (χ0n) is 9.57. The van der Waals surface area contributed by atoms with Crippen molar-refractivity contribution in [2.75, 3.05) is 6.61 Å². The van der Waals surface area contributed by atoms with Crippen molar-refractivity contribution in [3.63, 3.8) is 0 Å². The third-order valence-electron chi connectivity index (χ3n) is 2.59. The van der Waals surface area contributed by atoms with Crippen LogP contribution in [-0.4, -0.2) is 11.7 Å². The molecular weight excluding hydrogens is 334 g/mol. The molecule has 0 saturated carbocycles. The van der Waals surface area contributed by atoms with Crippen molar-refractivity contribution in [3.05, 3.63) is 55.6 Å². The summed E-state index contributed by atoms with van der Waals surface area (Å²) in [5.41, 5.74) is 1.19. The number of nitrogens with one attached hydrogen (secondary N) is 1. The van der Waals surface area contributed by atoms with Gasteiger partial charge in [0.25, 0.3) is 0 Å². The molecule has 0 saturated heterocycles. The van der Waals surface area contributed by atoms with Gasteiger partial charge < -0.3 is 10.4 Å². The van der Waals surface area contributed by atoms with E-state index in [0.717, 1.165) is 15.9 Å². The normalized spacial score (nSPS) is 12.6. The standard InChI is InChI=1S/C13H13BrClNOS/c14-10-6-12(18-13(10)15)11(8-17)16-7-9-4-2-1-3-5-9/h1-6,11,16-17H,7-8H2. The van der Waals surface area contributed by atoms with Crippen molar-refractivity contribution in [1.29, 1.82) is 0 Å². The number of aliphatic hydroxyl groups excluding tert-OH is 1. The Hall–Kier alpha value is -0.390. The van der Waals surface area contributed by atoms with Gasteiger partial charge in [0.1, 0.15) is 4.34 Å². The van der Waals surface area contributed by atoms with Gasteiger partial charge in [0, 0.05) is 15.9 Å². The van der Waals surface area contributed by atoms with Crippen molar-refractivity contribution in [2.24, 2.45) is 0 Å². The van der Waals surface area contributed by atoms with Crippen molar-refractivity contribution in [1.82, 2.24) is 5.32 Å². The first-order chi connectivity index (χ1) is 8.70. The number of hydrogen-bond donors (Lipinski definition) is 2. The Morgan fingerprint density at radius 3 is 2.61 bits per heavy atom. The topological polar surface area (TPSA) is 32.3 Å². The summed E-state index contributed by atoms with van der Waals surface area (Å²) >= 11 is 10.9. The van der Waals surface area contributed by atoms with Gasteiger partial charge in [0.05, 0.1) is 12.6 Å². The van der Waals surface area contributed by atoms with Crippen LogP contribution in [0.2, 0.25) is 4.34 Å². The molecule has 0 fully saturated rings. The van der Waals surface area contributed by atoms with E-state index in [0.29, 0.717) is 4.34 Å². The zero-order valence-corrected chi connectivity index (χ0v) is 12.7. The van der Waals surface area contributed by atoms with Crippen LogP contribution >= 0.6 is 38.9 Å². The van der Waals surface area contributed by atoms with Crippen LogP contribution in [0.15, 0.2) is 40.9 Å². The van der Waals surface area contributed by atoms with Crippen LogP contribution in [0.4, 0.5) is 0 Å². The van der Waals surface area contributed by atoms with Crippen LogP contribution in [0.5, 0.6) is 0 Å². The molecule has 0 bridgehead atoms. The summed E-state index contributed by atoms with van der Waals surface area (Å²) in [7, 11) is 0. The molecule has 0 amide bonds. The van der Waals surface area contributed by atoms with E-state index in [1.54, 1.807) is 0 Å².